The van der Waals surface area contributed by atoms with Crippen molar-refractivity contribution in [1.82, 2.24) is 0 Å². The molecular formula is C22H32O5. The molecule has 5 heteroatoms. The summed E-state index contributed by atoms with van der Waals surface area (Å²) in [4.78, 5) is 0. The van der Waals surface area contributed by atoms with Gasteiger partial charge in [-0.3, -0.25) is 0 Å². The fourth-order valence-corrected chi connectivity index (χ4v) is 5.32. The molecule has 4 fully saturated rings. The number of benzene rings is 1. The van der Waals surface area contributed by atoms with E-state index >= 15 is 0 Å². The maximum absolute atomic E-state index is 11.4. The molecule has 4 aliphatic heterocycles. The maximum atomic E-state index is 11.4. The van der Waals surface area contributed by atoms with Crippen LogP contribution in [0.25, 0.3) is 0 Å². The van der Waals surface area contributed by atoms with Gasteiger partial charge in [0.05, 0.1) is 25.2 Å². The smallest absolute Gasteiger partial charge is 0.184 e. The zero-order chi connectivity index (χ0) is 19.4. The molecule has 8 atom stereocenters. The third-order valence-electron chi connectivity index (χ3n) is 7.20. The van der Waals surface area contributed by atoms with Gasteiger partial charge in [-0.25, -0.2) is 0 Å². The van der Waals surface area contributed by atoms with E-state index in [0.29, 0.717) is 19.6 Å². The Morgan fingerprint density at radius 2 is 1.81 bits per heavy atom. The third-order valence-corrected chi connectivity index (χ3v) is 7.20. The van der Waals surface area contributed by atoms with E-state index in [-0.39, 0.29) is 29.8 Å². The first-order valence-electron chi connectivity index (χ1n) is 10.2. The molecule has 5 rings (SSSR count). The van der Waals surface area contributed by atoms with Crippen LogP contribution in [0.2, 0.25) is 0 Å². The highest BCUT2D eigenvalue weighted by molar-refractivity contribution is 5.14. The molecule has 0 amide bonds. The van der Waals surface area contributed by atoms with E-state index in [2.05, 4.69) is 26.0 Å². The summed E-state index contributed by atoms with van der Waals surface area (Å²) in [5.74, 6) is -3.32. The highest BCUT2D eigenvalue weighted by Gasteiger charge is 2.76. The summed E-state index contributed by atoms with van der Waals surface area (Å²) in [5.41, 5.74) is 1.14. The number of ether oxygens (including phenoxy) is 4. The van der Waals surface area contributed by atoms with Gasteiger partial charge in [0, 0.05) is 17.8 Å². The van der Waals surface area contributed by atoms with Gasteiger partial charge in [-0.05, 0) is 12.0 Å². The first kappa shape index (κ1) is 19.3. The van der Waals surface area contributed by atoms with Crippen LogP contribution < -0.4 is 0 Å². The largest absolute Gasteiger partial charge is 0.376 e. The van der Waals surface area contributed by atoms with Crippen LogP contribution in [0.4, 0.5) is 0 Å². The van der Waals surface area contributed by atoms with Gasteiger partial charge < -0.3 is 24.1 Å². The van der Waals surface area contributed by atoms with Crippen LogP contribution in [0.3, 0.4) is 0 Å². The van der Waals surface area contributed by atoms with Crippen LogP contribution in [0.15, 0.2) is 30.3 Å². The molecule has 1 aromatic carbocycles. The summed E-state index contributed by atoms with van der Waals surface area (Å²) in [5, 5.41) is 11.4. The average Bonchev–Trinajstić information content (AvgIpc) is 2.67. The van der Waals surface area contributed by atoms with E-state index in [9.17, 15) is 5.11 Å². The van der Waals surface area contributed by atoms with Crippen molar-refractivity contribution in [2.75, 3.05) is 6.61 Å². The molecule has 5 nitrogen and oxygen atoms in total. The van der Waals surface area contributed by atoms with Gasteiger partial charge in [-0.15, -0.1) is 0 Å². The summed E-state index contributed by atoms with van der Waals surface area (Å²) >= 11 is 0. The van der Waals surface area contributed by atoms with Crippen LogP contribution in [0, 0.1) is 23.7 Å². The van der Waals surface area contributed by atoms with Crippen molar-refractivity contribution in [2.24, 2.45) is 23.7 Å². The molecule has 4 aliphatic rings. The number of hydrogen-bond acceptors (Lipinski definition) is 5. The molecule has 0 saturated carbocycles. The predicted octanol–water partition coefficient (Wildman–Crippen LogP) is 3.70. The monoisotopic (exact) mass is 376 g/mol. The Bertz CT molecular complexity index is 671. The second kappa shape index (κ2) is 6.53. The summed E-state index contributed by atoms with van der Waals surface area (Å²) in [6.45, 7) is 11.2. The minimum atomic E-state index is -1.24. The lowest BCUT2D eigenvalue weighted by atomic mass is 9.65. The molecule has 4 heterocycles. The van der Waals surface area contributed by atoms with E-state index in [1.54, 1.807) is 0 Å². The normalized spacial score (nSPS) is 46.6. The molecule has 0 aliphatic carbocycles. The van der Waals surface area contributed by atoms with Gasteiger partial charge in [-0.1, -0.05) is 65.0 Å². The molecule has 0 unspecified atom stereocenters. The van der Waals surface area contributed by atoms with Crippen LogP contribution in [-0.4, -0.2) is 35.2 Å². The minimum absolute atomic E-state index is 0.0416. The van der Waals surface area contributed by atoms with E-state index in [1.165, 1.54) is 0 Å². The van der Waals surface area contributed by atoms with Gasteiger partial charge in [-0.2, -0.15) is 0 Å². The standard InChI is InChI=1S/C22H32O5/c1-6-20-15(3)19-16(4)21(23,26-20)17(5)22(25-19,27-20)14(2)12-24-13-18-10-8-7-9-11-18/h7-11,14-17,19,23H,6,12-13H2,1-5H3/t14-,15-,16+,17+,19+,20-,21-,22-/m0/s1. The second-order valence-electron chi connectivity index (χ2n) is 8.63. The topological polar surface area (TPSA) is 57.2 Å². The van der Waals surface area contributed by atoms with Crippen molar-refractivity contribution in [1.29, 1.82) is 0 Å². The van der Waals surface area contributed by atoms with Gasteiger partial charge in [0.2, 0.25) is 0 Å². The Labute approximate surface area is 162 Å². The summed E-state index contributed by atoms with van der Waals surface area (Å²) in [6.07, 6.45) is 0.583. The van der Waals surface area contributed by atoms with E-state index in [0.717, 1.165) is 5.56 Å². The van der Waals surface area contributed by atoms with Crippen LogP contribution in [0.5, 0.6) is 0 Å². The van der Waals surface area contributed by atoms with Crippen molar-refractivity contribution < 1.29 is 24.1 Å². The van der Waals surface area contributed by atoms with Crippen molar-refractivity contribution in [3.05, 3.63) is 35.9 Å². The number of aliphatic hydroxyl groups is 1. The average molecular weight is 376 g/mol. The van der Waals surface area contributed by atoms with Crippen LogP contribution in [-0.2, 0) is 25.6 Å². The maximum Gasteiger partial charge on any atom is 0.184 e. The number of hydrogen-bond donors (Lipinski definition) is 1. The van der Waals surface area contributed by atoms with Gasteiger partial charge in [0.15, 0.2) is 17.4 Å². The zero-order valence-corrected chi connectivity index (χ0v) is 17.0. The van der Waals surface area contributed by atoms with Crippen molar-refractivity contribution >= 4 is 0 Å². The van der Waals surface area contributed by atoms with E-state index in [4.69, 9.17) is 18.9 Å². The molecule has 1 N–H and O–H groups in total. The Morgan fingerprint density at radius 3 is 2.48 bits per heavy atom. The highest BCUT2D eigenvalue weighted by Crippen LogP contribution is 2.63. The summed E-state index contributed by atoms with van der Waals surface area (Å²) in [6, 6.07) is 10.1. The third kappa shape index (κ3) is 2.63. The second-order valence-corrected chi connectivity index (χ2v) is 8.63. The Balaban J connectivity index is 1.56. The zero-order valence-electron chi connectivity index (χ0n) is 17.0. The first-order chi connectivity index (χ1) is 12.8. The molecule has 27 heavy (non-hydrogen) atoms. The van der Waals surface area contributed by atoms with Crippen LogP contribution in [0.1, 0.15) is 46.6 Å². The molecular weight excluding hydrogens is 344 g/mol. The van der Waals surface area contributed by atoms with Gasteiger partial charge in [0.1, 0.15) is 0 Å². The number of rotatable bonds is 6. The molecule has 0 aromatic heterocycles. The SMILES string of the molecule is CC[C@]12O[C@@]3(O)[C@H](C)[C@H](O[C@@]([C@@H](C)COCc4ccccc4)(O1)[C@@H]3C)[C@@H]2C. The van der Waals surface area contributed by atoms with Gasteiger partial charge in [0.25, 0.3) is 0 Å². The quantitative estimate of drug-likeness (QED) is 0.820. The Hall–Kier alpha value is -0.980. The predicted molar refractivity (Wildman–Crippen MR) is 100 cm³/mol. The molecule has 1 aromatic rings. The highest BCUT2D eigenvalue weighted by atomic mass is 16.9. The Morgan fingerprint density at radius 1 is 1.11 bits per heavy atom. The summed E-state index contributed by atoms with van der Waals surface area (Å²) in [7, 11) is 0. The minimum Gasteiger partial charge on any atom is -0.376 e. The Kier molecular flexibility index (Phi) is 4.68. The lowest BCUT2D eigenvalue weighted by Crippen LogP contribution is -2.83. The van der Waals surface area contributed by atoms with Crippen molar-refractivity contribution in [3.63, 3.8) is 0 Å². The summed E-state index contributed by atoms with van der Waals surface area (Å²) < 4.78 is 25.4. The fraction of sp³-hybridized carbons (Fsp3) is 0.727. The first-order valence-corrected chi connectivity index (χ1v) is 10.2. The lowest BCUT2D eigenvalue weighted by molar-refractivity contribution is -0.592. The molecule has 4 saturated heterocycles. The van der Waals surface area contributed by atoms with Crippen molar-refractivity contribution in [3.8, 4) is 0 Å². The lowest BCUT2D eigenvalue weighted by Gasteiger charge is -2.71. The van der Waals surface area contributed by atoms with Gasteiger partial charge >= 0.3 is 0 Å². The van der Waals surface area contributed by atoms with E-state index in [1.807, 2.05) is 39.0 Å². The molecule has 0 spiro atoms. The van der Waals surface area contributed by atoms with E-state index < -0.39 is 17.4 Å². The van der Waals surface area contributed by atoms with Crippen LogP contribution >= 0.6 is 0 Å². The molecule has 0 radical (unpaired) electrons. The molecule has 150 valence electrons. The fourth-order valence-electron chi connectivity index (χ4n) is 5.32. The molecule has 4 bridgehead atoms. The van der Waals surface area contributed by atoms with Crippen molar-refractivity contribution in [2.45, 2.75) is 71.1 Å².